The van der Waals surface area contributed by atoms with Gasteiger partial charge in [0.25, 0.3) is 0 Å². The normalized spacial score (nSPS) is 13.3. The van der Waals surface area contributed by atoms with Gasteiger partial charge in [-0.25, -0.2) is 0 Å². The van der Waals surface area contributed by atoms with Gasteiger partial charge in [0.1, 0.15) is 0 Å². The highest BCUT2D eigenvalue weighted by molar-refractivity contribution is 7.98. The average Bonchev–Trinajstić information content (AvgIpc) is 2.81. The molecule has 0 bridgehead atoms. The summed E-state index contributed by atoms with van der Waals surface area (Å²) in [5.74, 6) is 5.58. The van der Waals surface area contributed by atoms with E-state index in [1.165, 1.54) is 0 Å². The van der Waals surface area contributed by atoms with Gasteiger partial charge in [-0.15, -0.1) is 0 Å². The van der Waals surface area contributed by atoms with Crippen LogP contribution in [0.4, 0.5) is 0 Å². The fourth-order valence-electron chi connectivity index (χ4n) is 2.17. The fraction of sp³-hybridized carbons (Fsp3) is 0.867. The van der Waals surface area contributed by atoms with Crippen molar-refractivity contribution in [2.24, 2.45) is 23.5 Å². The Morgan fingerprint density at radius 1 is 1.20 bits per heavy atom. The van der Waals surface area contributed by atoms with E-state index in [0.717, 1.165) is 49.0 Å². The van der Waals surface area contributed by atoms with Crippen molar-refractivity contribution in [1.82, 2.24) is 10.1 Å². The van der Waals surface area contributed by atoms with E-state index in [-0.39, 0.29) is 0 Å². The van der Waals surface area contributed by atoms with Crippen molar-refractivity contribution in [3.8, 4) is 0 Å². The van der Waals surface area contributed by atoms with E-state index in [1.807, 2.05) is 11.8 Å². The predicted octanol–water partition coefficient (Wildman–Crippen LogP) is 3.51. The molecule has 4 nitrogen and oxygen atoms in total. The van der Waals surface area contributed by atoms with Gasteiger partial charge in [0, 0.05) is 6.42 Å². The van der Waals surface area contributed by atoms with Crippen molar-refractivity contribution >= 4 is 11.8 Å². The summed E-state index contributed by atoms with van der Waals surface area (Å²) in [5.41, 5.74) is 5.67. The number of aryl methyl sites for hydroxylation is 1. The van der Waals surface area contributed by atoms with Gasteiger partial charge in [0.05, 0.1) is 5.75 Å². The maximum atomic E-state index is 5.67. The minimum atomic E-state index is 0.644. The maximum Gasteiger partial charge on any atom is 0.226 e. The molecule has 0 fully saturated rings. The third-order valence-electron chi connectivity index (χ3n) is 3.40. The molecule has 0 aliphatic heterocycles. The van der Waals surface area contributed by atoms with Crippen molar-refractivity contribution < 1.29 is 4.52 Å². The summed E-state index contributed by atoms with van der Waals surface area (Å²) in [6.07, 6.45) is 3.02. The molecule has 0 saturated heterocycles. The highest BCUT2D eigenvalue weighted by Gasteiger charge is 2.15. The summed E-state index contributed by atoms with van der Waals surface area (Å²) in [5, 5.41) is 4.05. The van der Waals surface area contributed by atoms with Crippen molar-refractivity contribution in [3.05, 3.63) is 11.7 Å². The van der Waals surface area contributed by atoms with E-state index in [2.05, 4.69) is 37.8 Å². The summed E-state index contributed by atoms with van der Waals surface area (Å²) >= 11 is 1.86. The smallest absolute Gasteiger partial charge is 0.226 e. The molecule has 1 heterocycles. The first-order chi connectivity index (χ1) is 9.52. The van der Waals surface area contributed by atoms with Crippen LogP contribution in [0.1, 0.15) is 52.3 Å². The number of hydrogen-bond donors (Lipinski definition) is 1. The van der Waals surface area contributed by atoms with E-state index in [1.54, 1.807) is 0 Å². The van der Waals surface area contributed by atoms with Crippen LogP contribution in [0.3, 0.4) is 0 Å². The lowest BCUT2D eigenvalue weighted by Gasteiger charge is -2.18. The molecule has 2 N–H and O–H groups in total. The monoisotopic (exact) mass is 299 g/mol. The van der Waals surface area contributed by atoms with E-state index in [4.69, 9.17) is 10.3 Å². The van der Waals surface area contributed by atoms with Gasteiger partial charge >= 0.3 is 0 Å². The summed E-state index contributed by atoms with van der Waals surface area (Å²) in [6, 6.07) is 0. The van der Waals surface area contributed by atoms with Gasteiger partial charge in [-0.3, -0.25) is 0 Å². The van der Waals surface area contributed by atoms with Crippen LogP contribution in [0.15, 0.2) is 4.52 Å². The number of thioether (sulfide) groups is 1. The molecule has 1 unspecified atom stereocenters. The number of hydrogen-bond acceptors (Lipinski definition) is 5. The predicted molar refractivity (Wildman–Crippen MR) is 85.6 cm³/mol. The molecule has 1 atom stereocenters. The SMILES string of the molecule is CC(C)CSCc1noc(CCC(CCN)C(C)C)n1. The van der Waals surface area contributed by atoms with Gasteiger partial charge in [-0.2, -0.15) is 16.7 Å². The molecule has 0 saturated carbocycles. The van der Waals surface area contributed by atoms with Gasteiger partial charge in [0.15, 0.2) is 5.82 Å². The topological polar surface area (TPSA) is 64.9 Å². The molecular formula is C15H29N3OS. The van der Waals surface area contributed by atoms with E-state index in [0.29, 0.717) is 17.8 Å². The van der Waals surface area contributed by atoms with Crippen molar-refractivity contribution in [1.29, 1.82) is 0 Å². The van der Waals surface area contributed by atoms with Crippen LogP contribution in [-0.4, -0.2) is 22.4 Å². The lowest BCUT2D eigenvalue weighted by Crippen LogP contribution is -2.15. The Kier molecular flexibility index (Phi) is 8.22. The van der Waals surface area contributed by atoms with E-state index >= 15 is 0 Å². The second-order valence-corrected chi connectivity index (χ2v) is 7.16. The zero-order valence-corrected chi connectivity index (χ0v) is 14.1. The molecule has 0 radical (unpaired) electrons. The summed E-state index contributed by atoms with van der Waals surface area (Å²) in [4.78, 5) is 4.47. The number of rotatable bonds is 10. The highest BCUT2D eigenvalue weighted by atomic mass is 32.2. The zero-order valence-electron chi connectivity index (χ0n) is 13.3. The van der Waals surface area contributed by atoms with Crippen LogP contribution < -0.4 is 5.73 Å². The first-order valence-electron chi connectivity index (χ1n) is 7.62. The molecule has 0 spiro atoms. The Bertz CT molecular complexity index is 366. The fourth-order valence-corrected chi connectivity index (χ4v) is 3.06. The Hall–Kier alpha value is -0.550. The first-order valence-corrected chi connectivity index (χ1v) is 8.77. The minimum absolute atomic E-state index is 0.644. The molecule has 116 valence electrons. The molecule has 1 aromatic heterocycles. The van der Waals surface area contributed by atoms with E-state index < -0.39 is 0 Å². The third-order valence-corrected chi connectivity index (χ3v) is 4.77. The summed E-state index contributed by atoms with van der Waals surface area (Å²) < 4.78 is 5.32. The molecule has 1 aromatic rings. The maximum absolute atomic E-state index is 5.67. The van der Waals surface area contributed by atoms with Crippen molar-refractivity contribution in [2.45, 2.75) is 52.7 Å². The second kappa shape index (κ2) is 9.40. The van der Waals surface area contributed by atoms with E-state index in [9.17, 15) is 0 Å². The standard InChI is InChI=1S/C15H29N3OS/c1-11(2)9-20-10-14-17-15(19-18-14)6-5-13(7-8-16)12(3)4/h11-13H,5-10,16H2,1-4H3. The average molecular weight is 299 g/mol. The molecular weight excluding hydrogens is 270 g/mol. The zero-order chi connectivity index (χ0) is 15.0. The molecule has 20 heavy (non-hydrogen) atoms. The van der Waals surface area contributed by atoms with Crippen LogP contribution in [0.25, 0.3) is 0 Å². The molecule has 1 rings (SSSR count). The Balaban J connectivity index is 2.35. The molecule has 0 aromatic carbocycles. The molecule has 5 heteroatoms. The van der Waals surface area contributed by atoms with Crippen LogP contribution >= 0.6 is 11.8 Å². The molecule has 0 aliphatic rings. The molecule has 0 aliphatic carbocycles. The lowest BCUT2D eigenvalue weighted by molar-refractivity contribution is 0.313. The van der Waals surface area contributed by atoms with Crippen molar-refractivity contribution in [3.63, 3.8) is 0 Å². The first kappa shape index (κ1) is 17.5. The highest BCUT2D eigenvalue weighted by Crippen LogP contribution is 2.21. The Morgan fingerprint density at radius 2 is 1.95 bits per heavy atom. The minimum Gasteiger partial charge on any atom is -0.339 e. The van der Waals surface area contributed by atoms with Crippen LogP contribution in [-0.2, 0) is 12.2 Å². The quantitative estimate of drug-likeness (QED) is 0.716. The number of nitrogens with zero attached hydrogens (tertiary/aromatic N) is 2. The van der Waals surface area contributed by atoms with Crippen LogP contribution in [0, 0.1) is 17.8 Å². The lowest BCUT2D eigenvalue weighted by atomic mass is 9.88. The number of aromatic nitrogens is 2. The largest absolute Gasteiger partial charge is 0.339 e. The second-order valence-electron chi connectivity index (χ2n) is 6.13. The van der Waals surface area contributed by atoms with Crippen molar-refractivity contribution in [2.75, 3.05) is 12.3 Å². The summed E-state index contributed by atoms with van der Waals surface area (Å²) in [7, 11) is 0. The third kappa shape index (κ3) is 6.75. The van der Waals surface area contributed by atoms with Gasteiger partial charge in [-0.1, -0.05) is 32.9 Å². The van der Waals surface area contributed by atoms with Gasteiger partial charge in [-0.05, 0) is 42.9 Å². The van der Waals surface area contributed by atoms with Gasteiger partial charge in [0.2, 0.25) is 5.89 Å². The molecule has 0 amide bonds. The Morgan fingerprint density at radius 3 is 2.55 bits per heavy atom. The summed E-state index contributed by atoms with van der Waals surface area (Å²) in [6.45, 7) is 9.70. The number of nitrogens with two attached hydrogens (primary N) is 1. The van der Waals surface area contributed by atoms with Crippen LogP contribution in [0.2, 0.25) is 0 Å². The van der Waals surface area contributed by atoms with Crippen LogP contribution in [0.5, 0.6) is 0 Å². The Labute approximate surface area is 127 Å². The van der Waals surface area contributed by atoms with Gasteiger partial charge < -0.3 is 10.3 Å².